The molecule has 9 nitrogen and oxygen atoms in total. The molecule has 0 aliphatic carbocycles. The Morgan fingerprint density at radius 2 is 1.67 bits per heavy atom. The molecular formula is C39H65N3O6Si. The Balaban J connectivity index is 2.39. The molecule has 0 spiro atoms. The Kier molecular flexibility index (Phi) is 16.3. The van der Waals surface area contributed by atoms with Gasteiger partial charge in [-0.2, -0.15) is 0 Å². The molecule has 1 aromatic carbocycles. The summed E-state index contributed by atoms with van der Waals surface area (Å²) in [5.74, 6) is 1.50. The van der Waals surface area contributed by atoms with E-state index in [0.29, 0.717) is 38.7 Å². The number of pyridine rings is 1. The van der Waals surface area contributed by atoms with E-state index in [1.54, 1.807) is 25.3 Å². The van der Waals surface area contributed by atoms with Crippen LogP contribution in [-0.2, 0) is 27.1 Å². The fourth-order valence-corrected chi connectivity index (χ4v) is 6.40. The normalized spacial score (nSPS) is 14.9. The fourth-order valence-electron chi connectivity index (χ4n) is 4.98. The molecule has 0 N–H and O–H groups in total. The van der Waals surface area contributed by atoms with Crippen LogP contribution in [0.1, 0.15) is 79.9 Å². The van der Waals surface area contributed by atoms with E-state index in [0.717, 1.165) is 23.3 Å². The summed E-state index contributed by atoms with van der Waals surface area (Å²) in [4.78, 5) is 21.8. The maximum Gasteiger partial charge on any atom is 0.410 e. The number of likely N-dealkylation sites (N-methyl/N-ethyl adjacent to an activating group) is 1. The van der Waals surface area contributed by atoms with Crippen molar-refractivity contribution in [3.63, 3.8) is 0 Å². The monoisotopic (exact) mass is 699 g/mol. The molecule has 2 rings (SSSR count). The maximum atomic E-state index is 13.1. The molecule has 0 radical (unpaired) electrons. The molecule has 0 unspecified atom stereocenters. The van der Waals surface area contributed by atoms with Gasteiger partial charge in [-0.25, -0.2) is 9.78 Å². The highest BCUT2D eigenvalue weighted by Crippen LogP contribution is 2.38. The van der Waals surface area contributed by atoms with E-state index in [2.05, 4.69) is 70.2 Å². The summed E-state index contributed by atoms with van der Waals surface area (Å²) in [5.41, 5.74) is 1.50. The average molecular weight is 700 g/mol. The molecule has 49 heavy (non-hydrogen) atoms. The summed E-state index contributed by atoms with van der Waals surface area (Å²) in [6.07, 6.45) is 3.74. The average Bonchev–Trinajstić information content (AvgIpc) is 3.00. The lowest BCUT2D eigenvalue weighted by Gasteiger charge is -2.43. The third-order valence-corrected chi connectivity index (χ3v) is 13.5. The number of methoxy groups -OCH3 is 1. The molecule has 4 atom stereocenters. The molecule has 1 aromatic heterocycles. The highest BCUT2D eigenvalue weighted by atomic mass is 28.4. The highest BCUT2D eigenvalue weighted by Gasteiger charge is 2.41. The summed E-state index contributed by atoms with van der Waals surface area (Å²) in [6.45, 7) is 29.9. The van der Waals surface area contributed by atoms with Crippen molar-refractivity contribution in [3.8, 4) is 11.6 Å². The first-order valence-corrected chi connectivity index (χ1v) is 20.4. The van der Waals surface area contributed by atoms with E-state index in [9.17, 15) is 4.79 Å². The second-order valence-corrected chi connectivity index (χ2v) is 20.6. The number of hydrogen-bond acceptors (Lipinski definition) is 8. The lowest BCUT2D eigenvalue weighted by atomic mass is 10.0. The summed E-state index contributed by atoms with van der Waals surface area (Å²) in [7, 11) is 1.26. The Morgan fingerprint density at radius 1 is 1.02 bits per heavy atom. The molecule has 0 saturated heterocycles. The summed E-state index contributed by atoms with van der Waals surface area (Å²) < 4.78 is 30.6. The van der Waals surface area contributed by atoms with Crippen molar-refractivity contribution in [2.24, 2.45) is 5.92 Å². The molecule has 10 heteroatoms. The molecule has 0 aliphatic rings. The summed E-state index contributed by atoms with van der Waals surface area (Å²) in [5, 5.41) is 0.00180. The standard InChI is InChI=1S/C39H65N3O6Si/c1-15-17-31(4)46-36-33(18-16-23-40-36)25-42(30(3)27-45-28-32-19-21-34(44-12)22-20-32)24-29(2)35(48-49(13,14)39(8,9)10)26-41(11)37(43)47-38(5,6)7/h15-16,18-23,29-31,35H,1,17,24-28H2,2-14H3/t29-,30+,31+,35+/m1/s1. The van der Waals surface area contributed by atoms with Gasteiger partial charge in [-0.1, -0.05) is 52.0 Å². The minimum atomic E-state index is -2.20. The van der Waals surface area contributed by atoms with Gasteiger partial charge in [0.25, 0.3) is 0 Å². The fraction of sp³-hybridized carbons (Fsp3) is 0.641. The Labute approximate surface area is 298 Å². The van der Waals surface area contributed by atoms with E-state index in [-0.39, 0.29) is 35.3 Å². The number of hydrogen-bond donors (Lipinski definition) is 0. The molecule has 276 valence electrons. The molecular weight excluding hydrogens is 635 g/mol. The lowest BCUT2D eigenvalue weighted by Crippen LogP contribution is -2.52. The molecule has 0 saturated carbocycles. The van der Waals surface area contributed by atoms with Crippen LogP contribution >= 0.6 is 0 Å². The number of nitrogens with zero attached hydrogens (tertiary/aromatic N) is 3. The van der Waals surface area contributed by atoms with Crippen molar-refractivity contribution in [2.45, 2.75) is 124 Å². The number of aromatic nitrogens is 1. The Hall–Kier alpha value is -2.92. The van der Waals surface area contributed by atoms with E-state index in [4.69, 9.17) is 23.4 Å². The number of rotatable bonds is 19. The molecule has 0 bridgehead atoms. The van der Waals surface area contributed by atoms with Gasteiger partial charge in [0.2, 0.25) is 5.88 Å². The van der Waals surface area contributed by atoms with Gasteiger partial charge in [-0.05, 0) is 82.4 Å². The molecule has 0 aliphatic heterocycles. The van der Waals surface area contributed by atoms with Crippen molar-refractivity contribution in [3.05, 3.63) is 66.4 Å². The van der Waals surface area contributed by atoms with Gasteiger partial charge in [0.1, 0.15) is 17.5 Å². The number of ether oxygens (including phenoxy) is 4. The Morgan fingerprint density at radius 3 is 2.24 bits per heavy atom. The van der Waals surface area contributed by atoms with Crippen molar-refractivity contribution in [2.75, 3.05) is 33.9 Å². The zero-order valence-corrected chi connectivity index (χ0v) is 33.7. The van der Waals surface area contributed by atoms with Gasteiger partial charge in [-0.15, -0.1) is 6.58 Å². The number of carbonyl (C=O) groups excluding carboxylic acids is 1. The lowest BCUT2D eigenvalue weighted by molar-refractivity contribution is 0.00671. The number of benzene rings is 1. The maximum absolute atomic E-state index is 13.1. The molecule has 1 amide bonds. The van der Waals surface area contributed by atoms with Crippen LogP contribution in [0.5, 0.6) is 11.6 Å². The predicted octanol–water partition coefficient (Wildman–Crippen LogP) is 8.73. The second-order valence-electron chi connectivity index (χ2n) is 15.8. The smallest absolute Gasteiger partial charge is 0.410 e. The van der Waals surface area contributed by atoms with Gasteiger partial charge in [0.15, 0.2) is 8.32 Å². The first-order valence-electron chi connectivity index (χ1n) is 17.5. The highest BCUT2D eigenvalue weighted by molar-refractivity contribution is 6.74. The van der Waals surface area contributed by atoms with E-state index < -0.39 is 13.9 Å². The quantitative estimate of drug-likeness (QED) is 0.106. The molecule has 1 heterocycles. The van der Waals surface area contributed by atoms with Crippen LogP contribution < -0.4 is 9.47 Å². The van der Waals surface area contributed by atoms with Crippen molar-refractivity contribution in [1.29, 1.82) is 0 Å². The third-order valence-electron chi connectivity index (χ3n) is 9.01. The van der Waals surface area contributed by atoms with Crippen molar-refractivity contribution >= 4 is 14.4 Å². The molecule has 0 fully saturated rings. The van der Waals surface area contributed by atoms with E-state index in [1.165, 1.54) is 0 Å². The minimum absolute atomic E-state index is 0.00180. The third kappa shape index (κ3) is 14.5. The van der Waals surface area contributed by atoms with E-state index in [1.807, 2.05) is 64.1 Å². The second kappa shape index (κ2) is 18.9. The van der Waals surface area contributed by atoms with Crippen molar-refractivity contribution in [1.82, 2.24) is 14.8 Å². The molecule has 2 aromatic rings. The topological polar surface area (TPSA) is 82.6 Å². The largest absolute Gasteiger partial charge is 0.497 e. The van der Waals surface area contributed by atoms with Gasteiger partial charge in [-0.3, -0.25) is 4.90 Å². The Bertz CT molecular complexity index is 1290. The zero-order valence-electron chi connectivity index (χ0n) is 32.7. The van der Waals surface area contributed by atoms with Crippen LogP contribution in [0.4, 0.5) is 4.79 Å². The van der Waals surface area contributed by atoms with Crippen LogP contribution in [0.2, 0.25) is 18.1 Å². The van der Waals surface area contributed by atoms with Crippen LogP contribution in [0.15, 0.2) is 55.3 Å². The van der Waals surface area contributed by atoms with Crippen LogP contribution in [0, 0.1) is 5.92 Å². The van der Waals surface area contributed by atoms with Crippen LogP contribution in [0.3, 0.4) is 0 Å². The predicted molar refractivity (Wildman–Crippen MR) is 202 cm³/mol. The SMILES string of the molecule is C=CC[C@H](C)Oc1ncccc1CN(C[C@@H](C)[C@H](CN(C)C(=O)OC(C)(C)C)O[Si](C)(C)C(C)(C)C)[C@@H](C)COCc1ccc(OC)cc1. The van der Waals surface area contributed by atoms with E-state index >= 15 is 0 Å². The number of carbonyl (C=O) groups is 1. The van der Waals surface area contributed by atoms with Crippen molar-refractivity contribution < 1.29 is 28.2 Å². The number of amides is 1. The minimum Gasteiger partial charge on any atom is -0.497 e. The first-order chi connectivity index (χ1) is 22.8. The van der Waals surface area contributed by atoms with Crippen LogP contribution in [0.25, 0.3) is 0 Å². The summed E-state index contributed by atoms with van der Waals surface area (Å²) in [6, 6.07) is 12.0. The van der Waals surface area contributed by atoms with Gasteiger partial charge in [0.05, 0.1) is 26.4 Å². The van der Waals surface area contributed by atoms with Gasteiger partial charge in [0, 0.05) is 50.9 Å². The zero-order chi connectivity index (χ0) is 37.0. The van der Waals surface area contributed by atoms with Gasteiger partial charge >= 0.3 is 6.09 Å². The first kappa shape index (κ1) is 42.2. The van der Waals surface area contributed by atoms with Gasteiger partial charge < -0.3 is 28.3 Å². The summed E-state index contributed by atoms with van der Waals surface area (Å²) >= 11 is 0. The van der Waals surface area contributed by atoms with Crippen LogP contribution in [-0.4, -0.2) is 86.9 Å².